The summed E-state index contributed by atoms with van der Waals surface area (Å²) in [5, 5.41) is 27.8. The molecule has 3 aromatic rings. The highest BCUT2D eigenvalue weighted by Gasteiger charge is 2.38. The Balaban J connectivity index is 1.54. The normalized spacial score (nSPS) is 14.1. The molecule has 11 amide bonds. The number of rotatable bonds is 42. The van der Waals surface area contributed by atoms with Crippen molar-refractivity contribution in [2.24, 2.45) is 62.5 Å². The number of carbonyl (C=O) groups is 11. The van der Waals surface area contributed by atoms with Gasteiger partial charge in [0.05, 0.1) is 26.5 Å². The molecule has 19 N–H and O–H groups in total. The number of benzene rings is 2. The van der Waals surface area contributed by atoms with E-state index in [1.807, 2.05) is 90.1 Å². The maximum absolute atomic E-state index is 14.6. The Morgan fingerprint density at radius 2 is 0.930 bits per heavy atom. The summed E-state index contributed by atoms with van der Waals surface area (Å²) in [6.45, 7) is 17.1. The summed E-state index contributed by atoms with van der Waals surface area (Å²) >= 11 is 0. The molecule has 0 bridgehead atoms. The van der Waals surface area contributed by atoms with Gasteiger partial charge in [0.1, 0.15) is 54.9 Å². The first-order chi connectivity index (χ1) is 47.3. The van der Waals surface area contributed by atoms with Gasteiger partial charge in [-0.25, -0.2) is 14.8 Å². The van der Waals surface area contributed by atoms with Crippen LogP contribution in [0.2, 0.25) is 0 Å². The van der Waals surface area contributed by atoms with Crippen molar-refractivity contribution < 1.29 is 62.3 Å². The molecule has 32 nitrogen and oxygen atoms in total. The number of nitrogens with zero attached hydrogens (tertiary/aromatic N) is 4. The molecule has 0 saturated heterocycles. The van der Waals surface area contributed by atoms with E-state index >= 15 is 0 Å². The van der Waals surface area contributed by atoms with Crippen LogP contribution in [0.5, 0.6) is 0 Å². The van der Waals surface area contributed by atoms with Crippen molar-refractivity contribution in [2.75, 3.05) is 46.9 Å². The number of ether oxygens (including phenoxy) is 1. The van der Waals surface area contributed by atoms with Crippen molar-refractivity contribution in [3.05, 3.63) is 77.9 Å². The molecule has 0 saturated carbocycles. The summed E-state index contributed by atoms with van der Waals surface area (Å²) in [6, 6.07) is 5.47. The summed E-state index contributed by atoms with van der Waals surface area (Å²) < 4.78 is 5.81. The van der Waals surface area contributed by atoms with Crippen LogP contribution in [0.15, 0.2) is 71.0 Å². The number of likely N-dealkylation sites (N-methyl/N-ethyl adjacent to an activating group) is 1. The summed E-state index contributed by atoms with van der Waals surface area (Å²) in [7, 11) is 2.62. The fraction of sp³-hybridized carbons (Fsp3) is 0.588. The predicted molar refractivity (Wildman–Crippen MR) is 376 cm³/mol. The van der Waals surface area contributed by atoms with Gasteiger partial charge in [0.25, 0.3) is 5.91 Å². The number of hydroxylamine groups is 2. The number of aliphatic imine (C=N–C) groups is 2. The number of hydrogen-bond acceptors (Lipinski definition) is 16. The first kappa shape index (κ1) is 82.5. The minimum absolute atomic E-state index is 0.00224. The van der Waals surface area contributed by atoms with Crippen LogP contribution < -0.4 is 76.1 Å². The number of amides is 11. The Labute approximate surface area is 585 Å². The number of guanidine groups is 2. The lowest BCUT2D eigenvalue weighted by atomic mass is 9.97. The van der Waals surface area contributed by atoms with Crippen LogP contribution in [0.4, 0.5) is 4.79 Å². The Bertz CT molecular complexity index is 3230. The zero-order chi connectivity index (χ0) is 74.3. The molecule has 1 aromatic heterocycles. The van der Waals surface area contributed by atoms with E-state index in [0.717, 1.165) is 27.3 Å². The van der Waals surface area contributed by atoms with Gasteiger partial charge in [0.15, 0.2) is 11.9 Å². The molecule has 4 rings (SSSR count). The van der Waals surface area contributed by atoms with Gasteiger partial charge in [-0.15, -0.1) is 0 Å². The number of hydrogen-bond donors (Lipinski definition) is 15. The molecule has 2 aromatic carbocycles. The molecule has 1 heterocycles. The number of alkyl carbamates (subject to hydrolysis) is 1. The Kier molecular flexibility index (Phi) is 34.3. The lowest BCUT2D eigenvalue weighted by Crippen LogP contribution is -2.61. The molecule has 0 unspecified atom stereocenters. The van der Waals surface area contributed by atoms with Crippen LogP contribution >= 0.6 is 0 Å². The molecule has 0 aliphatic heterocycles. The highest BCUT2D eigenvalue weighted by atomic mass is 16.7. The summed E-state index contributed by atoms with van der Waals surface area (Å²) in [5.74, 6) is -9.46. The second-order valence-electron chi connectivity index (χ2n) is 26.9. The minimum Gasteiger partial charge on any atom is -0.449 e. The zero-order valence-corrected chi connectivity index (χ0v) is 59.7. The first-order valence-electron chi connectivity index (χ1n) is 34.0. The number of nitrogens with one attached hydrogen (secondary N) is 11. The monoisotopic (exact) mass is 1400 g/mol. The van der Waals surface area contributed by atoms with E-state index in [0.29, 0.717) is 5.69 Å². The standard InChI is InChI=1S/C68H107N19O13/c1-37(2)27-50(60(92)79-48(23-17-25-74-66(69)70)58(90)77-33-55(88)76-34-56(89)87(11)99-12)81-59(91)49(24-18-26-75-67(71)72)80-61(93)51(28-38(3)4)84-65(97)57(41(9)10)86-64(96)52(29-39(5)6)82-63(95)54(31-42-32-73-36-78-42)83-62(94)53(30-40(7)8)85-68(98)100-35-47-45-21-15-13-19-43(45)44-20-14-16-22-46(44)47/h13-16,19-22,32,36-41,47-54,57H,17-18,23-31,33-35H2,1-12H3,(H,73,78)(H,76,88)(H,77,90)(H,79,92)(H,80,93)(H,81,91)(H,82,95)(H,83,94)(H,84,97)(H,85,98)(H,86,96)(H4,69,70,74)(H4,71,72,75)/t48-,49-,50-,51-,52-,53-,54-,57-/m0/s1. The van der Waals surface area contributed by atoms with Crippen molar-refractivity contribution in [3.63, 3.8) is 0 Å². The van der Waals surface area contributed by atoms with Crippen LogP contribution in [0.3, 0.4) is 0 Å². The van der Waals surface area contributed by atoms with Gasteiger partial charge in [0.2, 0.25) is 53.2 Å². The van der Waals surface area contributed by atoms with E-state index in [1.165, 1.54) is 26.7 Å². The predicted octanol–water partition coefficient (Wildman–Crippen LogP) is 0.453. The van der Waals surface area contributed by atoms with Crippen LogP contribution in [0.1, 0.15) is 143 Å². The Hall–Kier alpha value is -9.88. The third-order valence-electron chi connectivity index (χ3n) is 16.2. The third kappa shape index (κ3) is 28.2. The molecule has 552 valence electrons. The number of imidazole rings is 1. The largest absolute Gasteiger partial charge is 0.449 e. The first-order valence-corrected chi connectivity index (χ1v) is 34.0. The number of aromatic amines is 1. The minimum atomic E-state index is -1.37. The van der Waals surface area contributed by atoms with Gasteiger partial charge in [-0.2, -0.15) is 0 Å². The number of carbonyl (C=O) groups excluding carboxylic acids is 11. The molecular formula is C68H107N19O13. The number of fused-ring (bicyclic) bond motifs is 3. The van der Waals surface area contributed by atoms with E-state index in [4.69, 9.17) is 32.5 Å². The van der Waals surface area contributed by atoms with Crippen LogP contribution in [0, 0.1) is 29.6 Å². The molecule has 32 heteroatoms. The van der Waals surface area contributed by atoms with Gasteiger partial charge in [0, 0.05) is 44.4 Å². The second-order valence-corrected chi connectivity index (χ2v) is 26.9. The van der Waals surface area contributed by atoms with E-state index < -0.39 is 133 Å². The molecule has 8 atom stereocenters. The fourth-order valence-corrected chi connectivity index (χ4v) is 11.1. The molecule has 0 spiro atoms. The van der Waals surface area contributed by atoms with E-state index in [2.05, 4.69) is 73.1 Å². The Morgan fingerprint density at radius 1 is 0.520 bits per heavy atom. The van der Waals surface area contributed by atoms with Crippen molar-refractivity contribution >= 4 is 77.1 Å². The molecule has 1 aliphatic rings. The molecule has 1 aliphatic carbocycles. The van der Waals surface area contributed by atoms with Crippen molar-refractivity contribution in [1.82, 2.24) is 68.2 Å². The number of H-pyrrole nitrogens is 1. The Morgan fingerprint density at radius 3 is 1.37 bits per heavy atom. The van der Waals surface area contributed by atoms with Gasteiger partial charge < -0.3 is 85.8 Å². The number of nitrogens with two attached hydrogens (primary N) is 4. The van der Waals surface area contributed by atoms with Crippen LogP contribution in [-0.4, -0.2) is 187 Å². The van der Waals surface area contributed by atoms with Crippen molar-refractivity contribution in [2.45, 2.75) is 181 Å². The number of aromatic nitrogens is 2. The SMILES string of the molecule is CON(C)C(=O)CNC(=O)CNC(=O)[C@H](CCCN=C(N)N)NC(=O)[C@H](CC(C)C)NC(=O)[C@H](CCCN=C(N)N)NC(=O)[C@H](CC(C)C)NC(=O)[C@@H](NC(=O)[C@H](CC(C)C)NC(=O)[C@H](Cc1cnc[nH]1)NC(=O)[C@H](CC(C)C)NC(=O)OCC1c2ccccc2-c2ccccc21)C(C)C. The second kappa shape index (κ2) is 41.5. The summed E-state index contributed by atoms with van der Waals surface area (Å²) in [6.07, 6.45) is 2.53. The smallest absolute Gasteiger partial charge is 0.407 e. The quantitative estimate of drug-likeness (QED) is 0.0158. The average Bonchev–Trinajstić information content (AvgIpc) is 1.62. The average molecular weight is 1400 g/mol. The van der Waals surface area contributed by atoms with Crippen LogP contribution in [0.25, 0.3) is 11.1 Å². The van der Waals surface area contributed by atoms with Crippen molar-refractivity contribution in [3.8, 4) is 11.1 Å². The maximum atomic E-state index is 14.6. The zero-order valence-electron chi connectivity index (χ0n) is 59.7. The highest BCUT2D eigenvalue weighted by Crippen LogP contribution is 2.44. The van der Waals surface area contributed by atoms with E-state index in [1.54, 1.807) is 27.7 Å². The fourth-order valence-electron chi connectivity index (χ4n) is 11.1. The van der Waals surface area contributed by atoms with Crippen LogP contribution in [-0.2, 0) is 63.9 Å². The van der Waals surface area contributed by atoms with E-state index in [9.17, 15) is 52.7 Å². The highest BCUT2D eigenvalue weighted by molar-refractivity contribution is 5.99. The maximum Gasteiger partial charge on any atom is 0.407 e. The van der Waals surface area contributed by atoms with Crippen molar-refractivity contribution in [1.29, 1.82) is 0 Å². The summed E-state index contributed by atoms with van der Waals surface area (Å²) in [4.78, 5) is 174. The molecular weight excluding hydrogens is 1290 g/mol. The molecule has 0 radical (unpaired) electrons. The lowest BCUT2D eigenvalue weighted by molar-refractivity contribution is -0.167. The van der Waals surface area contributed by atoms with Gasteiger partial charge in [-0.1, -0.05) is 118 Å². The van der Waals surface area contributed by atoms with Gasteiger partial charge >= 0.3 is 6.09 Å². The van der Waals surface area contributed by atoms with E-state index in [-0.39, 0.29) is 119 Å². The molecule has 0 fully saturated rings. The lowest BCUT2D eigenvalue weighted by Gasteiger charge is -2.30. The molecule has 100 heavy (non-hydrogen) atoms. The van der Waals surface area contributed by atoms with Gasteiger partial charge in [-0.05, 0) is 103 Å². The third-order valence-corrected chi connectivity index (χ3v) is 16.2. The van der Waals surface area contributed by atoms with Gasteiger partial charge in [-0.3, -0.25) is 62.8 Å². The topological polar surface area (TPSA) is 487 Å². The summed E-state index contributed by atoms with van der Waals surface area (Å²) in [5.41, 5.74) is 26.8.